The second-order valence-corrected chi connectivity index (χ2v) is 6.48. The normalized spacial score (nSPS) is 13.6. The van der Waals surface area contributed by atoms with E-state index in [-0.39, 0.29) is 11.8 Å². The van der Waals surface area contributed by atoms with Gasteiger partial charge >= 0.3 is 6.09 Å². The average Bonchev–Trinajstić information content (AvgIpc) is 2.74. The van der Waals surface area contributed by atoms with Gasteiger partial charge < -0.3 is 19.9 Å². The van der Waals surface area contributed by atoms with E-state index in [0.717, 1.165) is 0 Å². The minimum absolute atomic E-state index is 0.216. The first kappa shape index (κ1) is 20.1. The quantitative estimate of drug-likeness (QED) is 0.846. The number of aryl methyl sites for hydroxylation is 1. The number of anilines is 2. The number of carbonyl (C=O) groups is 2. The molecule has 0 radical (unpaired) electrons. The number of hydrogen-bond donors (Lipinski definition) is 1. The number of piperazine rings is 1. The van der Waals surface area contributed by atoms with Gasteiger partial charge in [0.1, 0.15) is 11.8 Å². The number of nitrogens with zero attached hydrogens (tertiary/aromatic N) is 5. The Morgan fingerprint density at radius 3 is 2.62 bits per heavy atom. The Kier molecular flexibility index (Phi) is 6.24. The van der Waals surface area contributed by atoms with Crippen LogP contribution in [-0.2, 0) is 4.74 Å². The van der Waals surface area contributed by atoms with Crippen LogP contribution in [-0.4, -0.2) is 59.7 Å². The molecule has 1 aliphatic rings. The van der Waals surface area contributed by atoms with Crippen LogP contribution < -0.4 is 10.2 Å². The van der Waals surface area contributed by atoms with E-state index in [9.17, 15) is 14.9 Å². The van der Waals surface area contributed by atoms with Crippen molar-refractivity contribution in [1.82, 2.24) is 14.9 Å². The third-order valence-electron chi connectivity index (χ3n) is 4.46. The van der Waals surface area contributed by atoms with Gasteiger partial charge in [0.05, 0.1) is 17.9 Å². The summed E-state index contributed by atoms with van der Waals surface area (Å²) in [7, 11) is 0. The lowest BCUT2D eigenvalue weighted by atomic mass is 10.2. The third kappa shape index (κ3) is 4.79. The van der Waals surface area contributed by atoms with E-state index in [4.69, 9.17) is 4.74 Å². The zero-order valence-corrected chi connectivity index (χ0v) is 16.4. The summed E-state index contributed by atoms with van der Waals surface area (Å²) in [4.78, 5) is 36.9. The van der Waals surface area contributed by atoms with Crippen LogP contribution in [0.25, 0.3) is 0 Å². The lowest BCUT2D eigenvalue weighted by Gasteiger charge is -2.34. The highest BCUT2D eigenvalue weighted by Gasteiger charge is 2.24. The molecule has 29 heavy (non-hydrogen) atoms. The third-order valence-corrected chi connectivity index (χ3v) is 4.46. The first-order valence-electron chi connectivity index (χ1n) is 9.34. The monoisotopic (exact) mass is 394 g/mol. The summed E-state index contributed by atoms with van der Waals surface area (Å²) >= 11 is 0. The number of benzene rings is 1. The fraction of sp³-hybridized carbons (Fsp3) is 0.350. The smallest absolute Gasteiger partial charge is 0.409 e. The van der Waals surface area contributed by atoms with Crippen molar-refractivity contribution < 1.29 is 14.3 Å². The zero-order chi connectivity index (χ0) is 20.8. The van der Waals surface area contributed by atoms with Crippen LogP contribution in [0.1, 0.15) is 28.7 Å². The Labute approximate surface area is 168 Å². The van der Waals surface area contributed by atoms with Gasteiger partial charge in [0, 0.05) is 31.9 Å². The van der Waals surface area contributed by atoms with Crippen LogP contribution in [0, 0.1) is 18.3 Å². The van der Waals surface area contributed by atoms with Crippen LogP contribution in [0.2, 0.25) is 0 Å². The van der Waals surface area contributed by atoms with Crippen LogP contribution >= 0.6 is 0 Å². The molecule has 1 fully saturated rings. The number of aromatic nitrogens is 2. The first-order valence-corrected chi connectivity index (χ1v) is 9.34. The molecule has 1 N–H and O–H groups in total. The number of rotatable bonds is 4. The molecule has 0 bridgehead atoms. The van der Waals surface area contributed by atoms with Crippen LogP contribution in [0.3, 0.4) is 0 Å². The minimum atomic E-state index is -0.412. The van der Waals surface area contributed by atoms with E-state index in [1.807, 2.05) is 4.90 Å². The molecule has 0 aliphatic carbocycles. The summed E-state index contributed by atoms with van der Waals surface area (Å²) in [5.41, 5.74) is 1.68. The first-order chi connectivity index (χ1) is 14.0. The van der Waals surface area contributed by atoms with Crippen molar-refractivity contribution in [1.29, 1.82) is 5.26 Å². The van der Waals surface area contributed by atoms with Crippen molar-refractivity contribution in [3.8, 4) is 6.07 Å². The van der Waals surface area contributed by atoms with Gasteiger partial charge in [-0.15, -0.1) is 0 Å². The fourth-order valence-corrected chi connectivity index (χ4v) is 2.99. The van der Waals surface area contributed by atoms with E-state index >= 15 is 0 Å². The highest BCUT2D eigenvalue weighted by molar-refractivity contribution is 6.03. The molecule has 9 heteroatoms. The van der Waals surface area contributed by atoms with Crippen molar-refractivity contribution >= 4 is 23.6 Å². The number of carbonyl (C=O) groups excluding carboxylic acids is 2. The largest absolute Gasteiger partial charge is 0.450 e. The van der Waals surface area contributed by atoms with Gasteiger partial charge in [0.15, 0.2) is 0 Å². The molecule has 1 aromatic heterocycles. The Balaban J connectivity index is 1.73. The van der Waals surface area contributed by atoms with E-state index in [2.05, 4.69) is 21.4 Å². The summed E-state index contributed by atoms with van der Waals surface area (Å²) < 4.78 is 5.03. The summed E-state index contributed by atoms with van der Waals surface area (Å²) in [6, 6.07) is 10.4. The molecule has 1 aromatic carbocycles. The highest BCUT2D eigenvalue weighted by Crippen LogP contribution is 2.17. The highest BCUT2D eigenvalue weighted by atomic mass is 16.6. The topological polar surface area (TPSA) is 111 Å². The number of hydrogen-bond acceptors (Lipinski definition) is 7. The molecule has 9 nitrogen and oxygen atoms in total. The second kappa shape index (κ2) is 9.01. The predicted octanol–water partition coefficient (Wildman–Crippen LogP) is 2.19. The molecule has 0 atom stereocenters. The SMILES string of the molecule is CCOC(=O)N1CCN(c2nc(C)cc(C(=O)Nc3ccccc3C#N)n2)CC1. The number of ether oxygens (including phenoxy) is 1. The maximum Gasteiger partial charge on any atom is 0.409 e. The van der Waals surface area contributed by atoms with Crippen molar-refractivity contribution in [2.24, 2.45) is 0 Å². The van der Waals surface area contributed by atoms with Crippen molar-refractivity contribution in [2.45, 2.75) is 13.8 Å². The number of nitriles is 1. The molecule has 1 saturated heterocycles. The molecule has 3 rings (SSSR count). The van der Waals surface area contributed by atoms with E-state index in [0.29, 0.717) is 55.7 Å². The second-order valence-electron chi connectivity index (χ2n) is 6.48. The summed E-state index contributed by atoms with van der Waals surface area (Å²) in [5, 5.41) is 11.9. The summed E-state index contributed by atoms with van der Waals surface area (Å²) in [6.07, 6.45) is -0.325. The van der Waals surface area contributed by atoms with Crippen molar-refractivity contribution in [3.05, 3.63) is 47.3 Å². The summed E-state index contributed by atoms with van der Waals surface area (Å²) in [6.45, 7) is 5.98. The molecular weight excluding hydrogens is 372 g/mol. The Morgan fingerprint density at radius 1 is 1.21 bits per heavy atom. The van der Waals surface area contributed by atoms with Crippen molar-refractivity contribution in [3.63, 3.8) is 0 Å². The van der Waals surface area contributed by atoms with E-state index < -0.39 is 5.91 Å². The van der Waals surface area contributed by atoms with Crippen LogP contribution in [0.4, 0.5) is 16.4 Å². The maximum absolute atomic E-state index is 12.7. The van der Waals surface area contributed by atoms with Crippen LogP contribution in [0.15, 0.2) is 30.3 Å². The Hall–Kier alpha value is -3.67. The number of para-hydroxylation sites is 1. The Morgan fingerprint density at radius 2 is 1.93 bits per heavy atom. The van der Waals surface area contributed by atoms with Gasteiger partial charge in [-0.05, 0) is 32.0 Å². The Bertz CT molecular complexity index is 947. The maximum atomic E-state index is 12.7. The molecule has 2 amide bonds. The fourth-order valence-electron chi connectivity index (χ4n) is 2.99. The predicted molar refractivity (Wildman–Crippen MR) is 107 cm³/mol. The van der Waals surface area contributed by atoms with Gasteiger partial charge in [-0.2, -0.15) is 5.26 Å². The molecule has 0 saturated carbocycles. The summed E-state index contributed by atoms with van der Waals surface area (Å²) in [5.74, 6) is 0.0248. The number of nitrogens with one attached hydrogen (secondary N) is 1. The molecular formula is C20H22N6O3. The molecule has 1 aliphatic heterocycles. The molecule has 2 aromatic rings. The van der Waals surface area contributed by atoms with Gasteiger partial charge in [0.2, 0.25) is 5.95 Å². The number of amides is 2. The van der Waals surface area contributed by atoms with Crippen molar-refractivity contribution in [2.75, 3.05) is 43.0 Å². The zero-order valence-electron chi connectivity index (χ0n) is 16.4. The minimum Gasteiger partial charge on any atom is -0.450 e. The molecule has 150 valence electrons. The molecule has 0 spiro atoms. The van der Waals surface area contributed by atoms with Gasteiger partial charge in [-0.25, -0.2) is 14.8 Å². The van der Waals surface area contributed by atoms with E-state index in [1.54, 1.807) is 49.1 Å². The van der Waals surface area contributed by atoms with Crippen LogP contribution in [0.5, 0.6) is 0 Å². The van der Waals surface area contributed by atoms with Gasteiger partial charge in [-0.3, -0.25) is 4.79 Å². The van der Waals surface area contributed by atoms with Gasteiger partial charge in [0.25, 0.3) is 5.91 Å². The average molecular weight is 394 g/mol. The lowest BCUT2D eigenvalue weighted by Crippen LogP contribution is -2.49. The lowest BCUT2D eigenvalue weighted by molar-refractivity contribution is 0.102. The molecule has 0 unspecified atom stereocenters. The molecule has 2 heterocycles. The van der Waals surface area contributed by atoms with Gasteiger partial charge in [-0.1, -0.05) is 12.1 Å². The van der Waals surface area contributed by atoms with E-state index in [1.165, 1.54) is 0 Å². The standard InChI is InChI=1S/C20H22N6O3/c1-3-29-20(28)26-10-8-25(9-11-26)19-22-14(2)12-17(24-19)18(27)23-16-7-5-4-6-15(16)13-21/h4-7,12H,3,8-11H2,1-2H3,(H,23,27).